The molecule has 0 radical (unpaired) electrons. The van der Waals surface area contributed by atoms with Gasteiger partial charge in [0.25, 0.3) is 0 Å². The summed E-state index contributed by atoms with van der Waals surface area (Å²) in [5.41, 5.74) is 6.19. The van der Waals surface area contributed by atoms with Crippen molar-refractivity contribution in [2.75, 3.05) is 12.8 Å². The Morgan fingerprint density at radius 3 is 2.50 bits per heavy atom. The fraction of sp³-hybridized carbons (Fsp3) is 0.938. The first-order valence-corrected chi connectivity index (χ1v) is 9.48. The number of carbonyl (C=O) groups excluding carboxylic acids is 1. The van der Waals surface area contributed by atoms with Gasteiger partial charge in [0.15, 0.2) is 0 Å². The SMILES string of the molecule is CSC1(CNC(=O)C2CCCCCC2N)CCCCC1. The van der Waals surface area contributed by atoms with E-state index in [0.29, 0.717) is 0 Å². The van der Waals surface area contributed by atoms with Gasteiger partial charge >= 0.3 is 0 Å². The van der Waals surface area contributed by atoms with Crippen molar-refractivity contribution >= 4 is 17.7 Å². The maximum Gasteiger partial charge on any atom is 0.224 e. The van der Waals surface area contributed by atoms with Crippen molar-refractivity contribution in [1.82, 2.24) is 5.32 Å². The van der Waals surface area contributed by atoms with Crippen molar-refractivity contribution < 1.29 is 4.79 Å². The highest BCUT2D eigenvalue weighted by Gasteiger charge is 2.33. The van der Waals surface area contributed by atoms with Gasteiger partial charge in [-0.15, -0.1) is 0 Å². The minimum atomic E-state index is 0.0417. The van der Waals surface area contributed by atoms with Crippen LogP contribution in [0.3, 0.4) is 0 Å². The van der Waals surface area contributed by atoms with E-state index < -0.39 is 0 Å². The van der Waals surface area contributed by atoms with Crippen LogP contribution < -0.4 is 11.1 Å². The van der Waals surface area contributed by atoms with Crippen LogP contribution >= 0.6 is 11.8 Å². The number of rotatable bonds is 4. The van der Waals surface area contributed by atoms with Gasteiger partial charge < -0.3 is 11.1 Å². The molecule has 2 aliphatic carbocycles. The molecule has 116 valence electrons. The summed E-state index contributed by atoms with van der Waals surface area (Å²) in [7, 11) is 0. The fourth-order valence-electron chi connectivity index (χ4n) is 3.69. The average molecular weight is 298 g/mol. The van der Waals surface area contributed by atoms with Gasteiger partial charge in [-0.1, -0.05) is 38.5 Å². The van der Waals surface area contributed by atoms with E-state index in [-0.39, 0.29) is 22.6 Å². The van der Waals surface area contributed by atoms with Gasteiger partial charge in [0.2, 0.25) is 5.91 Å². The molecule has 0 aliphatic heterocycles. The smallest absolute Gasteiger partial charge is 0.224 e. The molecule has 3 N–H and O–H groups in total. The lowest BCUT2D eigenvalue weighted by Crippen LogP contribution is -2.47. The van der Waals surface area contributed by atoms with Crippen LogP contribution in [-0.4, -0.2) is 29.5 Å². The van der Waals surface area contributed by atoms with Crippen molar-refractivity contribution in [3.8, 4) is 0 Å². The highest BCUT2D eigenvalue weighted by atomic mass is 32.2. The Hall–Kier alpha value is -0.220. The minimum absolute atomic E-state index is 0.0417. The first-order valence-electron chi connectivity index (χ1n) is 8.25. The van der Waals surface area contributed by atoms with Gasteiger partial charge in [0.1, 0.15) is 0 Å². The third-order valence-corrected chi connectivity index (χ3v) is 6.61. The van der Waals surface area contributed by atoms with Crippen LogP contribution in [0.25, 0.3) is 0 Å². The number of nitrogens with two attached hydrogens (primary N) is 1. The molecule has 0 saturated heterocycles. The summed E-state index contributed by atoms with van der Waals surface area (Å²) in [5, 5.41) is 3.23. The Morgan fingerprint density at radius 2 is 1.80 bits per heavy atom. The number of hydrogen-bond acceptors (Lipinski definition) is 3. The summed E-state index contributed by atoms with van der Waals surface area (Å²) in [4.78, 5) is 12.5. The normalized spacial score (nSPS) is 30.5. The summed E-state index contributed by atoms with van der Waals surface area (Å²) < 4.78 is 0.280. The van der Waals surface area contributed by atoms with Crippen molar-refractivity contribution in [3.05, 3.63) is 0 Å². The van der Waals surface area contributed by atoms with E-state index in [4.69, 9.17) is 5.73 Å². The highest BCUT2D eigenvalue weighted by molar-refractivity contribution is 8.00. The molecule has 0 aromatic carbocycles. The maximum absolute atomic E-state index is 12.5. The molecule has 2 atom stereocenters. The zero-order valence-corrected chi connectivity index (χ0v) is 13.6. The number of hydrogen-bond donors (Lipinski definition) is 2. The second kappa shape index (κ2) is 7.69. The second-order valence-electron chi connectivity index (χ2n) is 6.57. The molecule has 1 amide bonds. The first kappa shape index (κ1) is 16.2. The Balaban J connectivity index is 1.86. The van der Waals surface area contributed by atoms with E-state index >= 15 is 0 Å². The van der Waals surface area contributed by atoms with Crippen LogP contribution in [0.15, 0.2) is 0 Å². The molecule has 4 heteroatoms. The lowest BCUT2D eigenvalue weighted by molar-refractivity contribution is -0.126. The predicted molar refractivity (Wildman–Crippen MR) is 86.9 cm³/mol. The van der Waals surface area contributed by atoms with E-state index in [1.165, 1.54) is 44.9 Å². The van der Waals surface area contributed by atoms with Gasteiger partial charge in [-0.2, -0.15) is 11.8 Å². The monoisotopic (exact) mass is 298 g/mol. The summed E-state index contributed by atoms with van der Waals surface area (Å²) in [6, 6.07) is 0.0640. The van der Waals surface area contributed by atoms with Crippen LogP contribution in [-0.2, 0) is 4.79 Å². The Labute approximate surface area is 127 Å². The molecule has 0 aromatic rings. The molecule has 0 aromatic heterocycles. The molecule has 2 saturated carbocycles. The fourth-order valence-corrected chi connectivity index (χ4v) is 4.60. The van der Waals surface area contributed by atoms with Gasteiger partial charge in [0, 0.05) is 17.3 Å². The highest BCUT2D eigenvalue weighted by Crippen LogP contribution is 2.38. The van der Waals surface area contributed by atoms with Crippen molar-refractivity contribution in [2.45, 2.75) is 75.0 Å². The largest absolute Gasteiger partial charge is 0.354 e. The zero-order valence-electron chi connectivity index (χ0n) is 12.8. The summed E-state index contributed by atoms with van der Waals surface area (Å²) in [6.45, 7) is 0.830. The lowest BCUT2D eigenvalue weighted by Gasteiger charge is -2.36. The van der Waals surface area contributed by atoms with Crippen molar-refractivity contribution in [1.29, 1.82) is 0 Å². The summed E-state index contributed by atoms with van der Waals surface area (Å²) in [5.74, 6) is 0.249. The van der Waals surface area contributed by atoms with Gasteiger partial charge in [-0.25, -0.2) is 0 Å². The molecule has 20 heavy (non-hydrogen) atoms. The van der Waals surface area contributed by atoms with Gasteiger partial charge in [-0.3, -0.25) is 4.79 Å². The Kier molecular flexibility index (Phi) is 6.21. The quantitative estimate of drug-likeness (QED) is 0.784. The van der Waals surface area contributed by atoms with Crippen LogP contribution in [0.1, 0.15) is 64.2 Å². The van der Waals surface area contributed by atoms with Crippen molar-refractivity contribution in [2.24, 2.45) is 11.7 Å². The molecule has 2 aliphatic rings. The number of thioether (sulfide) groups is 1. The Bertz CT molecular complexity index is 316. The topological polar surface area (TPSA) is 55.1 Å². The molecule has 2 fully saturated rings. The summed E-state index contributed by atoms with van der Waals surface area (Å²) >= 11 is 1.94. The van der Waals surface area contributed by atoms with Gasteiger partial charge in [-0.05, 0) is 31.9 Å². The Morgan fingerprint density at radius 1 is 1.15 bits per heavy atom. The standard InChI is InChI=1S/C16H30N2OS/c1-20-16(10-6-3-7-11-16)12-18-15(19)13-8-4-2-5-9-14(13)17/h13-14H,2-12,17H2,1H3,(H,18,19). The van der Waals surface area contributed by atoms with Gasteiger partial charge in [0.05, 0.1) is 5.92 Å². The van der Waals surface area contributed by atoms with Crippen LogP contribution in [0.5, 0.6) is 0 Å². The molecular weight excluding hydrogens is 268 g/mol. The average Bonchev–Trinajstić information content (AvgIpc) is 2.70. The maximum atomic E-state index is 12.5. The number of carbonyl (C=O) groups is 1. The number of nitrogens with one attached hydrogen (secondary N) is 1. The predicted octanol–water partition coefficient (Wildman–Crippen LogP) is 3.08. The summed E-state index contributed by atoms with van der Waals surface area (Å²) in [6.07, 6.45) is 14.2. The van der Waals surface area contributed by atoms with Crippen LogP contribution in [0.2, 0.25) is 0 Å². The van der Waals surface area contributed by atoms with E-state index in [2.05, 4.69) is 11.6 Å². The van der Waals surface area contributed by atoms with Crippen LogP contribution in [0.4, 0.5) is 0 Å². The lowest BCUT2D eigenvalue weighted by atomic mass is 9.87. The second-order valence-corrected chi connectivity index (χ2v) is 7.85. The first-order chi connectivity index (χ1) is 9.67. The molecule has 2 rings (SSSR count). The third-order valence-electron chi connectivity index (χ3n) is 5.19. The minimum Gasteiger partial charge on any atom is -0.354 e. The third kappa shape index (κ3) is 4.14. The molecule has 0 heterocycles. The molecule has 0 bridgehead atoms. The van der Waals surface area contributed by atoms with E-state index in [1.54, 1.807) is 0 Å². The van der Waals surface area contributed by atoms with E-state index in [1.807, 2.05) is 11.8 Å². The van der Waals surface area contributed by atoms with E-state index in [0.717, 1.165) is 25.8 Å². The molecular formula is C16H30N2OS. The van der Waals surface area contributed by atoms with Crippen LogP contribution in [0, 0.1) is 5.92 Å². The molecule has 2 unspecified atom stereocenters. The number of amides is 1. The zero-order chi connectivity index (χ0) is 14.4. The molecule has 3 nitrogen and oxygen atoms in total. The van der Waals surface area contributed by atoms with E-state index in [9.17, 15) is 4.79 Å². The molecule has 0 spiro atoms. The van der Waals surface area contributed by atoms with Crippen molar-refractivity contribution in [3.63, 3.8) is 0 Å².